The molecule has 2 aromatic heterocycles. The number of ether oxygens (including phenoxy) is 1. The fraction of sp³-hybridized carbons (Fsp3) is 0.280. The number of fused-ring (bicyclic) bond motifs is 1. The average Bonchev–Trinajstić information content (AvgIpc) is 3.47. The molecule has 178 valence electrons. The second kappa shape index (κ2) is 9.99. The van der Waals surface area contributed by atoms with Gasteiger partial charge in [0.2, 0.25) is 5.91 Å². The Morgan fingerprint density at radius 3 is 2.59 bits per heavy atom. The van der Waals surface area contributed by atoms with Gasteiger partial charge >= 0.3 is 0 Å². The highest BCUT2D eigenvalue weighted by Gasteiger charge is 2.23. The molecule has 0 aliphatic heterocycles. The van der Waals surface area contributed by atoms with Gasteiger partial charge in [-0.05, 0) is 73.9 Å². The minimum absolute atomic E-state index is 0.0734. The van der Waals surface area contributed by atoms with Crippen LogP contribution in [0.3, 0.4) is 0 Å². The van der Waals surface area contributed by atoms with E-state index >= 15 is 0 Å². The SMILES string of the molecule is COc1ccc(S(=O)(=O)CCCC(=O)N(Cc2ccco2)c2nc3c(C)cc(C)cc3s2)cc1. The topological polar surface area (TPSA) is 89.7 Å². The van der Waals surface area contributed by atoms with Gasteiger partial charge in [0.05, 0.1) is 40.8 Å². The van der Waals surface area contributed by atoms with Gasteiger partial charge < -0.3 is 9.15 Å². The number of anilines is 1. The molecule has 7 nitrogen and oxygen atoms in total. The average molecular weight is 499 g/mol. The van der Waals surface area contributed by atoms with Gasteiger partial charge in [0.25, 0.3) is 0 Å². The summed E-state index contributed by atoms with van der Waals surface area (Å²) in [5.41, 5.74) is 3.05. The third-order valence-corrected chi connectivity index (χ3v) is 8.31. The Morgan fingerprint density at radius 1 is 1.15 bits per heavy atom. The molecule has 0 N–H and O–H groups in total. The third-order valence-electron chi connectivity index (χ3n) is 5.47. The number of carbonyl (C=O) groups is 1. The lowest BCUT2D eigenvalue weighted by Gasteiger charge is -2.18. The van der Waals surface area contributed by atoms with Gasteiger partial charge in [0.1, 0.15) is 11.5 Å². The van der Waals surface area contributed by atoms with Gasteiger partial charge in [-0.25, -0.2) is 13.4 Å². The highest BCUT2D eigenvalue weighted by molar-refractivity contribution is 7.91. The van der Waals surface area contributed by atoms with Crippen LogP contribution >= 0.6 is 11.3 Å². The lowest BCUT2D eigenvalue weighted by molar-refractivity contribution is -0.118. The molecule has 0 unspecified atom stereocenters. The maximum atomic E-state index is 13.2. The Kier molecular flexibility index (Phi) is 7.04. The molecule has 1 amide bonds. The fourth-order valence-electron chi connectivity index (χ4n) is 3.74. The normalized spacial score (nSPS) is 11.6. The first kappa shape index (κ1) is 24.0. The molecule has 0 saturated heterocycles. The second-order valence-electron chi connectivity index (χ2n) is 8.08. The van der Waals surface area contributed by atoms with Gasteiger partial charge in [-0.3, -0.25) is 9.69 Å². The maximum Gasteiger partial charge on any atom is 0.229 e. The first-order chi connectivity index (χ1) is 16.3. The number of rotatable bonds is 9. The van der Waals surface area contributed by atoms with Gasteiger partial charge in [-0.2, -0.15) is 0 Å². The third kappa shape index (κ3) is 5.31. The Morgan fingerprint density at radius 2 is 1.91 bits per heavy atom. The summed E-state index contributed by atoms with van der Waals surface area (Å²) < 4.78 is 37.0. The lowest BCUT2D eigenvalue weighted by atomic mass is 10.1. The number of sulfone groups is 1. The van der Waals surface area contributed by atoms with Crippen molar-refractivity contribution >= 4 is 42.4 Å². The quantitative estimate of drug-likeness (QED) is 0.311. The number of aryl methyl sites for hydroxylation is 2. The minimum Gasteiger partial charge on any atom is -0.497 e. The number of benzene rings is 2. The lowest BCUT2D eigenvalue weighted by Crippen LogP contribution is -2.30. The van der Waals surface area contributed by atoms with E-state index in [0.29, 0.717) is 16.6 Å². The van der Waals surface area contributed by atoms with Crippen molar-refractivity contribution in [1.29, 1.82) is 0 Å². The van der Waals surface area contributed by atoms with Crippen LogP contribution in [0.5, 0.6) is 5.75 Å². The van der Waals surface area contributed by atoms with Crippen molar-refractivity contribution in [3.8, 4) is 5.75 Å². The number of amides is 1. The van der Waals surface area contributed by atoms with Crippen molar-refractivity contribution < 1.29 is 22.4 Å². The molecular formula is C25H26N2O5S2. The van der Waals surface area contributed by atoms with Crippen LogP contribution in [-0.4, -0.2) is 32.2 Å². The van der Waals surface area contributed by atoms with E-state index in [1.165, 1.54) is 30.6 Å². The highest BCUT2D eigenvalue weighted by atomic mass is 32.2. The molecule has 2 heterocycles. The molecule has 0 spiro atoms. The first-order valence-electron chi connectivity index (χ1n) is 10.8. The van der Waals surface area contributed by atoms with E-state index in [4.69, 9.17) is 14.1 Å². The maximum absolute atomic E-state index is 13.2. The zero-order valence-corrected chi connectivity index (χ0v) is 20.9. The molecule has 0 saturated carbocycles. The second-order valence-corrected chi connectivity index (χ2v) is 11.2. The van der Waals surface area contributed by atoms with Crippen molar-refractivity contribution in [3.05, 3.63) is 71.7 Å². The molecular weight excluding hydrogens is 472 g/mol. The molecule has 9 heteroatoms. The van der Waals surface area contributed by atoms with E-state index in [1.807, 2.05) is 13.8 Å². The monoisotopic (exact) mass is 498 g/mol. The molecule has 0 fully saturated rings. The Labute approximate surface area is 202 Å². The summed E-state index contributed by atoms with van der Waals surface area (Å²) in [7, 11) is -1.98. The Balaban J connectivity index is 1.51. The summed E-state index contributed by atoms with van der Waals surface area (Å²) in [6, 6.07) is 14.0. The van der Waals surface area contributed by atoms with Gasteiger partial charge in [-0.1, -0.05) is 17.4 Å². The summed E-state index contributed by atoms with van der Waals surface area (Å²) in [5.74, 6) is 0.891. The summed E-state index contributed by atoms with van der Waals surface area (Å²) in [5, 5.41) is 0.572. The molecule has 0 radical (unpaired) electrons. The summed E-state index contributed by atoms with van der Waals surface area (Å²) in [6.07, 6.45) is 1.83. The molecule has 0 aliphatic carbocycles. The van der Waals surface area contributed by atoms with Crippen LogP contribution in [0.2, 0.25) is 0 Å². The highest BCUT2D eigenvalue weighted by Crippen LogP contribution is 2.33. The molecule has 2 aromatic carbocycles. The van der Waals surface area contributed by atoms with Crippen LogP contribution in [0.4, 0.5) is 5.13 Å². The number of furan rings is 1. The minimum atomic E-state index is -3.51. The van der Waals surface area contributed by atoms with Gasteiger partial charge in [0, 0.05) is 6.42 Å². The van der Waals surface area contributed by atoms with Crippen molar-refractivity contribution in [2.24, 2.45) is 0 Å². The Hall–Kier alpha value is -3.17. The van der Waals surface area contributed by atoms with Crippen LogP contribution in [-0.2, 0) is 21.2 Å². The number of hydrogen-bond acceptors (Lipinski definition) is 7. The van der Waals surface area contributed by atoms with Crippen LogP contribution in [0.25, 0.3) is 10.2 Å². The molecule has 4 aromatic rings. The van der Waals surface area contributed by atoms with E-state index in [9.17, 15) is 13.2 Å². The van der Waals surface area contributed by atoms with Crippen LogP contribution in [0, 0.1) is 13.8 Å². The van der Waals surface area contributed by atoms with Crippen molar-refractivity contribution in [2.75, 3.05) is 17.8 Å². The summed E-state index contributed by atoms with van der Waals surface area (Å²) in [4.78, 5) is 19.8. The molecule has 34 heavy (non-hydrogen) atoms. The zero-order valence-electron chi connectivity index (χ0n) is 19.3. The fourth-order valence-corrected chi connectivity index (χ4v) is 6.21. The van der Waals surface area contributed by atoms with Crippen LogP contribution < -0.4 is 9.64 Å². The number of aromatic nitrogens is 1. The number of hydrogen-bond donors (Lipinski definition) is 0. The van der Waals surface area contributed by atoms with Crippen molar-refractivity contribution in [1.82, 2.24) is 4.98 Å². The molecule has 0 bridgehead atoms. The summed E-state index contributed by atoms with van der Waals surface area (Å²) in [6.45, 7) is 4.26. The number of nitrogens with zero attached hydrogens (tertiary/aromatic N) is 2. The van der Waals surface area contributed by atoms with E-state index in [2.05, 4.69) is 12.1 Å². The smallest absolute Gasteiger partial charge is 0.229 e. The van der Waals surface area contributed by atoms with Crippen LogP contribution in [0.15, 0.2) is 64.1 Å². The number of carbonyl (C=O) groups excluding carboxylic acids is 1. The largest absolute Gasteiger partial charge is 0.497 e. The van der Waals surface area contributed by atoms with E-state index in [0.717, 1.165) is 21.3 Å². The predicted molar refractivity (Wildman–Crippen MR) is 133 cm³/mol. The number of methoxy groups -OCH3 is 1. The van der Waals surface area contributed by atoms with E-state index in [1.54, 1.807) is 35.4 Å². The molecule has 0 atom stereocenters. The van der Waals surface area contributed by atoms with E-state index in [-0.39, 0.29) is 35.9 Å². The Bertz CT molecular complexity index is 1390. The van der Waals surface area contributed by atoms with Gasteiger partial charge in [0.15, 0.2) is 15.0 Å². The van der Waals surface area contributed by atoms with Gasteiger partial charge in [-0.15, -0.1) is 0 Å². The molecule has 0 aliphatic rings. The first-order valence-corrected chi connectivity index (χ1v) is 13.3. The molecule has 4 rings (SSSR count). The standard InChI is InChI=1S/C25H26N2O5S2/c1-17-14-18(2)24-22(15-17)33-25(26-24)27(16-20-6-4-12-32-20)23(28)7-5-13-34(29,30)21-10-8-19(31-3)9-11-21/h4,6,8-12,14-15H,5,7,13,16H2,1-3H3. The van der Waals surface area contributed by atoms with Crippen molar-refractivity contribution in [3.63, 3.8) is 0 Å². The summed E-state index contributed by atoms with van der Waals surface area (Å²) >= 11 is 1.45. The predicted octanol–water partition coefficient (Wildman–Crippen LogP) is 5.30. The van der Waals surface area contributed by atoms with Crippen molar-refractivity contribution in [2.45, 2.75) is 38.1 Å². The van der Waals surface area contributed by atoms with E-state index < -0.39 is 9.84 Å². The zero-order chi connectivity index (χ0) is 24.3. The van der Waals surface area contributed by atoms with Crippen LogP contribution in [0.1, 0.15) is 29.7 Å². The number of thiazole rings is 1.